The summed E-state index contributed by atoms with van der Waals surface area (Å²) in [5.74, 6) is 0.137. The minimum Gasteiger partial charge on any atom is -0.465 e. The summed E-state index contributed by atoms with van der Waals surface area (Å²) in [5, 5.41) is 0. The van der Waals surface area contributed by atoms with Gasteiger partial charge in [0.2, 0.25) is 0 Å². The molecule has 18 heavy (non-hydrogen) atoms. The molecule has 0 radical (unpaired) electrons. The van der Waals surface area contributed by atoms with E-state index in [1.54, 1.807) is 7.11 Å². The van der Waals surface area contributed by atoms with Gasteiger partial charge in [-0.05, 0) is 13.8 Å². The number of hydrogen-bond donors (Lipinski definition) is 0. The van der Waals surface area contributed by atoms with Crippen molar-refractivity contribution in [3.63, 3.8) is 0 Å². The Kier molecular flexibility index (Phi) is 5.51. The summed E-state index contributed by atoms with van der Waals surface area (Å²) < 4.78 is 9.87. The van der Waals surface area contributed by atoms with E-state index in [0.29, 0.717) is 24.5 Å². The van der Waals surface area contributed by atoms with E-state index < -0.39 is 5.97 Å². The van der Waals surface area contributed by atoms with E-state index in [2.05, 4.69) is 9.97 Å². The molecule has 1 rings (SSSR count). The van der Waals surface area contributed by atoms with Crippen molar-refractivity contribution in [2.45, 2.75) is 19.9 Å². The zero-order valence-corrected chi connectivity index (χ0v) is 11.2. The van der Waals surface area contributed by atoms with Crippen molar-refractivity contribution in [1.29, 1.82) is 0 Å². The van der Waals surface area contributed by atoms with Crippen molar-refractivity contribution in [2.24, 2.45) is 0 Å². The smallest absolute Gasteiger partial charge is 0.343 e. The third-order valence-corrected chi connectivity index (χ3v) is 2.65. The van der Waals surface area contributed by atoms with E-state index in [4.69, 9.17) is 9.47 Å². The third-order valence-electron chi connectivity index (χ3n) is 2.65. The monoisotopic (exact) mass is 253 g/mol. The van der Waals surface area contributed by atoms with E-state index in [1.165, 1.54) is 19.6 Å². The van der Waals surface area contributed by atoms with Crippen molar-refractivity contribution >= 4 is 11.8 Å². The lowest BCUT2D eigenvalue weighted by Gasteiger charge is -2.29. The Hall–Kier alpha value is -1.69. The zero-order valence-electron chi connectivity index (χ0n) is 11.2. The molecule has 0 aliphatic rings. The predicted molar refractivity (Wildman–Crippen MR) is 67.7 cm³/mol. The van der Waals surface area contributed by atoms with E-state index in [0.717, 1.165) is 0 Å². The predicted octanol–water partition coefficient (Wildman–Crippen LogP) is 1.12. The van der Waals surface area contributed by atoms with Gasteiger partial charge in [-0.1, -0.05) is 0 Å². The first-order valence-electron chi connectivity index (χ1n) is 5.79. The van der Waals surface area contributed by atoms with Gasteiger partial charge in [-0.15, -0.1) is 0 Å². The van der Waals surface area contributed by atoms with Crippen LogP contribution < -0.4 is 4.90 Å². The second-order valence-electron chi connectivity index (χ2n) is 3.84. The van der Waals surface area contributed by atoms with Crippen LogP contribution in [-0.2, 0) is 9.47 Å². The second-order valence-corrected chi connectivity index (χ2v) is 3.84. The highest BCUT2D eigenvalue weighted by atomic mass is 16.5. The summed E-state index contributed by atoms with van der Waals surface area (Å²) in [5.41, 5.74) is 0.366. The maximum atomic E-state index is 11.7. The van der Waals surface area contributed by atoms with E-state index >= 15 is 0 Å². The number of nitrogens with zero attached hydrogens (tertiary/aromatic N) is 3. The molecule has 0 saturated heterocycles. The minimum atomic E-state index is -0.436. The summed E-state index contributed by atoms with van der Waals surface area (Å²) in [4.78, 5) is 21.7. The highest BCUT2D eigenvalue weighted by Gasteiger charge is 2.21. The van der Waals surface area contributed by atoms with E-state index in [-0.39, 0.29) is 6.04 Å². The number of esters is 1. The number of carbonyl (C=O) groups excluding carboxylic acids is 1. The van der Waals surface area contributed by atoms with Gasteiger partial charge in [-0.2, -0.15) is 0 Å². The summed E-state index contributed by atoms with van der Waals surface area (Å²) in [7, 11) is 2.99. The van der Waals surface area contributed by atoms with Crippen LogP contribution >= 0.6 is 0 Å². The number of anilines is 1. The lowest BCUT2D eigenvalue weighted by atomic mass is 10.2. The molecule has 0 N–H and O–H groups in total. The molecule has 0 aliphatic heterocycles. The Labute approximate surface area is 107 Å². The molecular formula is C12H19N3O3. The number of methoxy groups -OCH3 is 2. The quantitative estimate of drug-likeness (QED) is 0.708. The molecule has 0 bridgehead atoms. The molecule has 0 fully saturated rings. The summed E-state index contributed by atoms with van der Waals surface area (Å²) >= 11 is 0. The van der Waals surface area contributed by atoms with Crippen molar-refractivity contribution in [3.05, 3.63) is 18.1 Å². The molecule has 100 valence electrons. The van der Waals surface area contributed by atoms with Crippen LogP contribution in [0.4, 0.5) is 5.82 Å². The van der Waals surface area contributed by atoms with Crippen molar-refractivity contribution in [3.8, 4) is 0 Å². The van der Waals surface area contributed by atoms with Crippen LogP contribution in [0.1, 0.15) is 24.2 Å². The largest absolute Gasteiger partial charge is 0.465 e. The topological polar surface area (TPSA) is 64.6 Å². The molecular weight excluding hydrogens is 234 g/mol. The number of rotatable bonds is 6. The average molecular weight is 253 g/mol. The van der Waals surface area contributed by atoms with Crippen LogP contribution in [0.25, 0.3) is 0 Å². The molecule has 0 aliphatic carbocycles. The summed E-state index contributed by atoms with van der Waals surface area (Å²) in [6.45, 7) is 5.27. The Bertz CT molecular complexity index is 398. The molecule has 1 aromatic heterocycles. The first kappa shape index (κ1) is 14.4. The van der Waals surface area contributed by atoms with Gasteiger partial charge in [0.15, 0.2) is 0 Å². The van der Waals surface area contributed by atoms with Crippen LogP contribution in [-0.4, -0.2) is 49.4 Å². The number of likely N-dealkylation sites (N-methyl/N-ethyl adjacent to an activating group) is 1. The van der Waals surface area contributed by atoms with Gasteiger partial charge in [0.05, 0.1) is 19.8 Å². The van der Waals surface area contributed by atoms with Gasteiger partial charge in [-0.25, -0.2) is 14.8 Å². The number of carbonyl (C=O) groups is 1. The maximum Gasteiger partial charge on any atom is 0.343 e. The molecule has 6 nitrogen and oxygen atoms in total. The maximum absolute atomic E-state index is 11.7. The second kappa shape index (κ2) is 6.90. The Morgan fingerprint density at radius 3 is 2.78 bits per heavy atom. The molecule has 1 atom stereocenters. The zero-order chi connectivity index (χ0) is 13.5. The fourth-order valence-corrected chi connectivity index (χ4v) is 1.81. The van der Waals surface area contributed by atoms with Gasteiger partial charge < -0.3 is 14.4 Å². The van der Waals surface area contributed by atoms with Gasteiger partial charge >= 0.3 is 5.97 Å². The first-order valence-corrected chi connectivity index (χ1v) is 5.79. The number of hydrogen-bond acceptors (Lipinski definition) is 6. The fourth-order valence-electron chi connectivity index (χ4n) is 1.81. The SMILES string of the molecule is CCN(c1ncncc1C(=O)OC)C(C)COC. The van der Waals surface area contributed by atoms with Crippen LogP contribution in [0.2, 0.25) is 0 Å². The summed E-state index contributed by atoms with van der Waals surface area (Å²) in [6, 6.07) is 0.110. The highest BCUT2D eigenvalue weighted by molar-refractivity contribution is 5.94. The van der Waals surface area contributed by atoms with Crippen LogP contribution in [0.15, 0.2) is 12.5 Å². The molecule has 1 unspecified atom stereocenters. The standard InChI is InChI=1S/C12H19N3O3/c1-5-15(9(2)7-17-3)11-10(12(16)18-4)6-13-8-14-11/h6,8-9H,5,7H2,1-4H3. The molecule has 1 heterocycles. The molecule has 6 heteroatoms. The molecule has 1 aromatic rings. The Morgan fingerprint density at radius 1 is 1.50 bits per heavy atom. The van der Waals surface area contributed by atoms with Crippen LogP contribution in [0, 0.1) is 0 Å². The van der Waals surface area contributed by atoms with E-state index in [9.17, 15) is 4.79 Å². The number of ether oxygens (including phenoxy) is 2. The van der Waals surface area contributed by atoms with Crippen LogP contribution in [0.3, 0.4) is 0 Å². The van der Waals surface area contributed by atoms with Gasteiger partial charge in [0, 0.05) is 19.9 Å². The molecule has 0 amide bonds. The minimum absolute atomic E-state index is 0.110. The van der Waals surface area contributed by atoms with Gasteiger partial charge in [-0.3, -0.25) is 0 Å². The Balaban J connectivity index is 3.09. The van der Waals surface area contributed by atoms with Gasteiger partial charge in [0.1, 0.15) is 17.7 Å². The Morgan fingerprint density at radius 2 is 2.22 bits per heavy atom. The summed E-state index contributed by atoms with van der Waals surface area (Å²) in [6.07, 6.45) is 2.89. The van der Waals surface area contributed by atoms with E-state index in [1.807, 2.05) is 18.7 Å². The number of aromatic nitrogens is 2. The first-order chi connectivity index (χ1) is 8.65. The lowest BCUT2D eigenvalue weighted by Crippen LogP contribution is -2.37. The van der Waals surface area contributed by atoms with Gasteiger partial charge in [0.25, 0.3) is 0 Å². The van der Waals surface area contributed by atoms with Crippen molar-refractivity contribution in [1.82, 2.24) is 9.97 Å². The van der Waals surface area contributed by atoms with Crippen molar-refractivity contribution < 1.29 is 14.3 Å². The third kappa shape index (κ3) is 3.16. The molecule has 0 saturated carbocycles. The highest BCUT2D eigenvalue weighted by Crippen LogP contribution is 2.19. The lowest BCUT2D eigenvalue weighted by molar-refractivity contribution is 0.0600. The average Bonchev–Trinajstić information content (AvgIpc) is 2.39. The molecule has 0 aromatic carbocycles. The van der Waals surface area contributed by atoms with Crippen LogP contribution in [0.5, 0.6) is 0 Å². The fraction of sp³-hybridized carbons (Fsp3) is 0.583. The van der Waals surface area contributed by atoms with Crippen molar-refractivity contribution in [2.75, 3.05) is 32.3 Å². The normalized spacial score (nSPS) is 12.0. The molecule has 0 spiro atoms.